The Morgan fingerprint density at radius 1 is 1.04 bits per heavy atom. The van der Waals surface area contributed by atoms with Crippen LogP contribution < -0.4 is 4.74 Å². The fraction of sp³-hybridized carbons (Fsp3) is 0.304. The van der Waals surface area contributed by atoms with Crippen LogP contribution in [0.4, 0.5) is 0 Å². The molecule has 0 aliphatic heterocycles. The molecule has 2 rings (SSSR count). The third-order valence-corrected chi connectivity index (χ3v) is 3.99. The molecule has 0 spiro atoms. The van der Waals surface area contributed by atoms with Crippen molar-refractivity contribution in [1.29, 1.82) is 0 Å². The van der Waals surface area contributed by atoms with Crippen molar-refractivity contribution in [2.75, 3.05) is 19.8 Å². The number of ether oxygens (including phenoxy) is 2. The van der Waals surface area contributed by atoms with Crippen LogP contribution in [-0.2, 0) is 16.1 Å². The van der Waals surface area contributed by atoms with Crippen molar-refractivity contribution in [2.24, 2.45) is 0 Å². The van der Waals surface area contributed by atoms with E-state index >= 15 is 0 Å². The van der Waals surface area contributed by atoms with Gasteiger partial charge >= 0.3 is 5.97 Å². The molecule has 0 radical (unpaired) electrons. The van der Waals surface area contributed by atoms with Gasteiger partial charge in [-0.05, 0) is 37.1 Å². The van der Waals surface area contributed by atoms with Crippen LogP contribution in [0, 0.1) is 0 Å². The number of benzene rings is 2. The van der Waals surface area contributed by atoms with Crippen molar-refractivity contribution < 1.29 is 19.1 Å². The second-order valence-electron chi connectivity index (χ2n) is 6.51. The molecule has 2 aromatic rings. The number of nitrogens with zero attached hydrogens (tertiary/aromatic N) is 1. The molecule has 0 saturated carbocycles. The lowest BCUT2D eigenvalue weighted by atomic mass is 10.1. The highest BCUT2D eigenvalue weighted by Crippen LogP contribution is 2.22. The Kier molecular flexibility index (Phi) is 8.28. The monoisotopic (exact) mass is 381 g/mol. The molecule has 0 aliphatic rings. The predicted molar refractivity (Wildman–Crippen MR) is 109 cm³/mol. The first kappa shape index (κ1) is 21.2. The molecule has 5 heteroatoms. The number of hydrogen-bond donors (Lipinski definition) is 0. The SMILES string of the molecule is C=C(C)COc1ccccc1C(=O)N(CCC(=O)OCC)Cc1ccccc1. The molecule has 2 aromatic carbocycles. The van der Waals surface area contributed by atoms with Crippen molar-refractivity contribution in [2.45, 2.75) is 26.8 Å². The van der Waals surface area contributed by atoms with Gasteiger partial charge in [0, 0.05) is 13.1 Å². The normalized spacial score (nSPS) is 10.2. The summed E-state index contributed by atoms with van der Waals surface area (Å²) in [6.07, 6.45) is 0.140. The summed E-state index contributed by atoms with van der Waals surface area (Å²) in [6, 6.07) is 16.8. The van der Waals surface area contributed by atoms with E-state index in [1.807, 2.05) is 43.3 Å². The molecule has 28 heavy (non-hydrogen) atoms. The quantitative estimate of drug-likeness (QED) is 0.456. The summed E-state index contributed by atoms with van der Waals surface area (Å²) in [6.45, 7) is 8.78. The van der Waals surface area contributed by atoms with Crippen LogP contribution in [0.1, 0.15) is 36.2 Å². The van der Waals surface area contributed by atoms with Crippen molar-refractivity contribution in [3.63, 3.8) is 0 Å². The average Bonchev–Trinajstić information content (AvgIpc) is 2.70. The van der Waals surface area contributed by atoms with E-state index in [4.69, 9.17) is 9.47 Å². The summed E-state index contributed by atoms with van der Waals surface area (Å²) in [7, 11) is 0. The molecule has 0 unspecified atom stereocenters. The molecule has 5 nitrogen and oxygen atoms in total. The number of carbonyl (C=O) groups excluding carboxylic acids is 2. The number of esters is 1. The van der Waals surface area contributed by atoms with Crippen LogP contribution in [0.2, 0.25) is 0 Å². The maximum Gasteiger partial charge on any atom is 0.307 e. The summed E-state index contributed by atoms with van der Waals surface area (Å²) >= 11 is 0. The second kappa shape index (κ2) is 10.9. The molecular formula is C23H27NO4. The minimum atomic E-state index is -0.319. The Labute approximate surface area is 166 Å². The highest BCUT2D eigenvalue weighted by molar-refractivity contribution is 5.97. The average molecular weight is 381 g/mol. The molecule has 0 N–H and O–H groups in total. The first-order valence-electron chi connectivity index (χ1n) is 9.36. The van der Waals surface area contributed by atoms with Gasteiger partial charge in [0.1, 0.15) is 12.4 Å². The Bertz CT molecular complexity index is 801. The van der Waals surface area contributed by atoms with Gasteiger partial charge in [0.05, 0.1) is 18.6 Å². The van der Waals surface area contributed by atoms with Crippen LogP contribution in [-0.4, -0.2) is 36.5 Å². The van der Waals surface area contributed by atoms with E-state index in [1.54, 1.807) is 30.0 Å². The van der Waals surface area contributed by atoms with Gasteiger partial charge < -0.3 is 14.4 Å². The maximum absolute atomic E-state index is 13.3. The van der Waals surface area contributed by atoms with Gasteiger partial charge in [0.2, 0.25) is 0 Å². The summed E-state index contributed by atoms with van der Waals surface area (Å²) in [5.74, 6) is -0.00431. The topological polar surface area (TPSA) is 55.8 Å². The largest absolute Gasteiger partial charge is 0.488 e. The number of para-hydroxylation sites is 1. The molecule has 1 amide bonds. The van der Waals surface area contributed by atoms with Gasteiger partial charge in [-0.3, -0.25) is 9.59 Å². The van der Waals surface area contributed by atoms with E-state index in [0.29, 0.717) is 31.1 Å². The van der Waals surface area contributed by atoms with Gasteiger partial charge in [0.25, 0.3) is 5.91 Å². The van der Waals surface area contributed by atoms with Gasteiger partial charge in [0.15, 0.2) is 0 Å². The van der Waals surface area contributed by atoms with Crippen LogP contribution in [0.5, 0.6) is 5.75 Å². The smallest absolute Gasteiger partial charge is 0.307 e. The van der Waals surface area contributed by atoms with Crippen LogP contribution in [0.3, 0.4) is 0 Å². The first-order valence-corrected chi connectivity index (χ1v) is 9.36. The predicted octanol–water partition coefficient (Wildman–Crippen LogP) is 4.24. The second-order valence-corrected chi connectivity index (χ2v) is 6.51. The first-order chi connectivity index (χ1) is 13.5. The molecule has 0 atom stereocenters. The van der Waals surface area contributed by atoms with Crippen molar-refractivity contribution >= 4 is 11.9 Å². The fourth-order valence-corrected chi connectivity index (χ4v) is 2.66. The number of amides is 1. The highest BCUT2D eigenvalue weighted by atomic mass is 16.5. The van der Waals surface area contributed by atoms with Crippen molar-refractivity contribution in [3.05, 3.63) is 77.9 Å². The van der Waals surface area contributed by atoms with E-state index < -0.39 is 0 Å². The standard InChI is InChI=1S/C23H27NO4/c1-4-27-22(25)14-15-24(16-19-10-6-5-7-11-19)23(26)20-12-8-9-13-21(20)28-17-18(2)3/h5-13H,2,4,14-17H2,1,3H3. The van der Waals surface area contributed by atoms with Crippen molar-refractivity contribution in [3.8, 4) is 5.75 Å². The lowest BCUT2D eigenvalue weighted by Crippen LogP contribution is -2.33. The van der Waals surface area contributed by atoms with E-state index in [-0.39, 0.29) is 24.8 Å². The van der Waals surface area contributed by atoms with E-state index in [9.17, 15) is 9.59 Å². The minimum Gasteiger partial charge on any atom is -0.488 e. The zero-order chi connectivity index (χ0) is 20.4. The Morgan fingerprint density at radius 2 is 1.71 bits per heavy atom. The minimum absolute atomic E-state index is 0.140. The van der Waals surface area contributed by atoms with Crippen LogP contribution >= 0.6 is 0 Å². The zero-order valence-corrected chi connectivity index (χ0v) is 16.5. The summed E-state index contributed by atoms with van der Waals surface area (Å²) < 4.78 is 10.8. The number of hydrogen-bond acceptors (Lipinski definition) is 4. The summed E-state index contributed by atoms with van der Waals surface area (Å²) in [5.41, 5.74) is 2.31. The van der Waals surface area contributed by atoms with Crippen molar-refractivity contribution in [1.82, 2.24) is 4.90 Å². The highest BCUT2D eigenvalue weighted by Gasteiger charge is 2.21. The Balaban J connectivity index is 2.22. The molecule has 148 valence electrons. The molecular weight excluding hydrogens is 354 g/mol. The lowest BCUT2D eigenvalue weighted by molar-refractivity contribution is -0.143. The molecule has 0 fully saturated rings. The molecule has 0 saturated heterocycles. The molecule has 0 aliphatic carbocycles. The summed E-state index contributed by atoms with van der Waals surface area (Å²) in [4.78, 5) is 26.7. The third kappa shape index (κ3) is 6.58. The molecule has 0 heterocycles. The van der Waals surface area contributed by atoms with Gasteiger partial charge in [-0.25, -0.2) is 0 Å². The molecule has 0 aromatic heterocycles. The Hall–Kier alpha value is -3.08. The number of rotatable bonds is 10. The Morgan fingerprint density at radius 3 is 2.39 bits per heavy atom. The number of carbonyl (C=O) groups is 2. The van der Waals surface area contributed by atoms with Gasteiger partial charge in [-0.15, -0.1) is 0 Å². The third-order valence-electron chi connectivity index (χ3n) is 3.99. The summed E-state index contributed by atoms with van der Waals surface area (Å²) in [5, 5.41) is 0. The zero-order valence-electron chi connectivity index (χ0n) is 16.5. The lowest BCUT2D eigenvalue weighted by Gasteiger charge is -2.24. The maximum atomic E-state index is 13.3. The van der Waals surface area contributed by atoms with Gasteiger partial charge in [-0.1, -0.05) is 49.0 Å². The van der Waals surface area contributed by atoms with Crippen LogP contribution in [0.25, 0.3) is 0 Å². The molecule has 0 bridgehead atoms. The van der Waals surface area contributed by atoms with E-state index in [2.05, 4.69) is 6.58 Å². The fourth-order valence-electron chi connectivity index (χ4n) is 2.66. The van der Waals surface area contributed by atoms with E-state index in [1.165, 1.54) is 0 Å². The van der Waals surface area contributed by atoms with Crippen LogP contribution in [0.15, 0.2) is 66.7 Å². The van der Waals surface area contributed by atoms with E-state index in [0.717, 1.165) is 11.1 Å². The van der Waals surface area contributed by atoms with Gasteiger partial charge in [-0.2, -0.15) is 0 Å².